The molecule has 0 radical (unpaired) electrons. The number of nitrogens with one attached hydrogen (secondary N) is 1. The van der Waals surface area contributed by atoms with E-state index in [0.29, 0.717) is 0 Å². The molecule has 0 unspecified atom stereocenters. The number of hydrogen-bond donors (Lipinski definition) is 2. The largest absolute Gasteiger partial charge is 0.395 e. The van der Waals surface area contributed by atoms with Crippen LogP contribution in [0.1, 0.15) is 34.5 Å². The maximum Gasteiger partial charge on any atom is 0.252 e. The monoisotopic (exact) mass is 270 g/mol. The van der Waals surface area contributed by atoms with Crippen LogP contribution < -0.4 is 5.32 Å². The van der Waals surface area contributed by atoms with Crippen LogP contribution in [0.15, 0.2) is 24.3 Å². The summed E-state index contributed by atoms with van der Waals surface area (Å²) >= 11 is 0. The van der Waals surface area contributed by atoms with Gasteiger partial charge in [0.05, 0.1) is 17.7 Å². The molecule has 2 N–H and O–H groups in total. The van der Waals surface area contributed by atoms with Gasteiger partial charge in [0, 0.05) is 17.6 Å². The molecule has 20 heavy (non-hydrogen) atoms. The number of pyridine rings is 1. The Labute approximate surface area is 117 Å². The lowest BCUT2D eigenvalue weighted by Crippen LogP contribution is -2.28. The normalized spacial score (nSPS) is 14.1. The van der Waals surface area contributed by atoms with Gasteiger partial charge in [0.2, 0.25) is 0 Å². The number of para-hydroxylation sites is 1. The SMILES string of the molecule is O=C(NCCO)c1c2c(nc3ccccc13)CCCC2. The Morgan fingerprint density at radius 1 is 1.25 bits per heavy atom. The number of aryl methyl sites for hydroxylation is 1. The Morgan fingerprint density at radius 3 is 2.90 bits per heavy atom. The molecule has 0 aliphatic heterocycles. The molecule has 0 spiro atoms. The topological polar surface area (TPSA) is 62.2 Å². The van der Waals surface area contributed by atoms with Gasteiger partial charge >= 0.3 is 0 Å². The van der Waals surface area contributed by atoms with Crippen molar-refractivity contribution in [3.8, 4) is 0 Å². The highest BCUT2D eigenvalue weighted by atomic mass is 16.3. The maximum absolute atomic E-state index is 12.4. The second-order valence-corrected chi connectivity index (χ2v) is 5.12. The number of fused-ring (bicyclic) bond motifs is 2. The third kappa shape index (κ3) is 2.27. The first-order valence-electron chi connectivity index (χ1n) is 7.11. The first-order chi connectivity index (χ1) is 9.81. The lowest BCUT2D eigenvalue weighted by molar-refractivity contribution is 0.0945. The van der Waals surface area contributed by atoms with Crippen LogP contribution in [0.2, 0.25) is 0 Å². The molecule has 0 fully saturated rings. The third-order valence-electron chi connectivity index (χ3n) is 3.79. The number of hydrogen-bond acceptors (Lipinski definition) is 3. The first-order valence-corrected chi connectivity index (χ1v) is 7.11. The van der Waals surface area contributed by atoms with Crippen LogP contribution in [0, 0.1) is 0 Å². The highest BCUT2D eigenvalue weighted by Crippen LogP contribution is 2.29. The van der Waals surface area contributed by atoms with Gasteiger partial charge in [-0.3, -0.25) is 9.78 Å². The number of carbonyl (C=O) groups excluding carboxylic acids is 1. The van der Waals surface area contributed by atoms with E-state index in [9.17, 15) is 4.79 Å². The minimum Gasteiger partial charge on any atom is -0.395 e. The van der Waals surface area contributed by atoms with Gasteiger partial charge in [0.25, 0.3) is 5.91 Å². The average Bonchev–Trinajstić information content (AvgIpc) is 2.50. The lowest BCUT2D eigenvalue weighted by Gasteiger charge is -2.20. The van der Waals surface area contributed by atoms with Crippen molar-refractivity contribution < 1.29 is 9.90 Å². The minimum atomic E-state index is -0.101. The van der Waals surface area contributed by atoms with Crippen LogP contribution in [0.25, 0.3) is 10.9 Å². The smallest absolute Gasteiger partial charge is 0.252 e. The van der Waals surface area contributed by atoms with E-state index in [2.05, 4.69) is 5.32 Å². The van der Waals surface area contributed by atoms with Gasteiger partial charge in [-0.1, -0.05) is 18.2 Å². The molecule has 1 aromatic heterocycles. The first kappa shape index (κ1) is 13.1. The summed E-state index contributed by atoms with van der Waals surface area (Å²) in [5.74, 6) is -0.101. The maximum atomic E-state index is 12.4. The molecule has 0 saturated carbocycles. The second-order valence-electron chi connectivity index (χ2n) is 5.12. The highest BCUT2D eigenvalue weighted by molar-refractivity contribution is 6.07. The van der Waals surface area contributed by atoms with E-state index in [1.807, 2.05) is 24.3 Å². The standard InChI is InChI=1S/C16H18N2O2/c19-10-9-17-16(20)15-11-5-1-3-7-13(11)18-14-8-4-2-6-12(14)15/h1,3,5,7,19H,2,4,6,8-10H2,(H,17,20). The van der Waals surface area contributed by atoms with E-state index in [0.717, 1.165) is 53.4 Å². The molecule has 1 aliphatic carbocycles. The molecule has 1 aromatic carbocycles. The Balaban J connectivity index is 2.17. The quantitative estimate of drug-likeness (QED) is 0.894. The number of nitrogens with zero attached hydrogens (tertiary/aromatic N) is 1. The molecule has 1 heterocycles. The van der Waals surface area contributed by atoms with E-state index in [4.69, 9.17) is 10.1 Å². The summed E-state index contributed by atoms with van der Waals surface area (Å²) in [5, 5.41) is 12.6. The Kier molecular flexibility index (Phi) is 3.65. The van der Waals surface area contributed by atoms with Gasteiger partial charge in [-0.2, -0.15) is 0 Å². The van der Waals surface area contributed by atoms with E-state index < -0.39 is 0 Å². The van der Waals surface area contributed by atoms with Crippen LogP contribution >= 0.6 is 0 Å². The van der Waals surface area contributed by atoms with E-state index >= 15 is 0 Å². The highest BCUT2D eigenvalue weighted by Gasteiger charge is 2.22. The number of amides is 1. The zero-order valence-corrected chi connectivity index (χ0v) is 11.4. The predicted octanol–water partition coefficient (Wildman–Crippen LogP) is 1.84. The van der Waals surface area contributed by atoms with Crippen molar-refractivity contribution in [3.05, 3.63) is 41.1 Å². The summed E-state index contributed by atoms with van der Waals surface area (Å²) < 4.78 is 0. The molecule has 0 saturated heterocycles. The van der Waals surface area contributed by atoms with Gasteiger partial charge in [-0.25, -0.2) is 0 Å². The molecule has 3 rings (SSSR count). The second kappa shape index (κ2) is 5.59. The van der Waals surface area contributed by atoms with Gasteiger partial charge in [-0.05, 0) is 37.3 Å². The summed E-state index contributed by atoms with van der Waals surface area (Å²) in [4.78, 5) is 17.1. The Hall–Kier alpha value is -1.94. The number of carbonyl (C=O) groups is 1. The molecule has 0 bridgehead atoms. The number of benzene rings is 1. The molecule has 2 aromatic rings. The molecule has 104 valence electrons. The fourth-order valence-electron chi connectivity index (χ4n) is 2.89. The zero-order chi connectivity index (χ0) is 13.9. The molecular weight excluding hydrogens is 252 g/mol. The zero-order valence-electron chi connectivity index (χ0n) is 11.4. The van der Waals surface area contributed by atoms with Crippen molar-refractivity contribution in [1.82, 2.24) is 10.3 Å². The van der Waals surface area contributed by atoms with Crippen LogP contribution in [0.4, 0.5) is 0 Å². The summed E-state index contributed by atoms with van der Waals surface area (Å²) in [7, 11) is 0. The fourth-order valence-corrected chi connectivity index (χ4v) is 2.89. The van der Waals surface area contributed by atoms with Gasteiger partial charge in [0.15, 0.2) is 0 Å². The number of aliphatic hydroxyl groups is 1. The number of aromatic nitrogens is 1. The molecular formula is C16H18N2O2. The Morgan fingerprint density at radius 2 is 2.05 bits per heavy atom. The van der Waals surface area contributed by atoms with Crippen molar-refractivity contribution >= 4 is 16.8 Å². The summed E-state index contributed by atoms with van der Waals surface area (Å²) in [5.41, 5.74) is 3.77. The van der Waals surface area contributed by atoms with E-state index in [-0.39, 0.29) is 19.1 Å². The van der Waals surface area contributed by atoms with Crippen molar-refractivity contribution in [2.75, 3.05) is 13.2 Å². The van der Waals surface area contributed by atoms with Gasteiger partial charge in [0.1, 0.15) is 0 Å². The van der Waals surface area contributed by atoms with E-state index in [1.54, 1.807) is 0 Å². The lowest BCUT2D eigenvalue weighted by atomic mass is 9.89. The molecule has 4 nitrogen and oxygen atoms in total. The predicted molar refractivity (Wildman–Crippen MR) is 77.8 cm³/mol. The van der Waals surface area contributed by atoms with E-state index in [1.165, 1.54) is 0 Å². The third-order valence-corrected chi connectivity index (χ3v) is 3.79. The van der Waals surface area contributed by atoms with Crippen molar-refractivity contribution in [1.29, 1.82) is 0 Å². The van der Waals surface area contributed by atoms with Crippen LogP contribution in [0.3, 0.4) is 0 Å². The molecule has 1 aliphatic rings. The molecule has 4 heteroatoms. The van der Waals surface area contributed by atoms with Crippen molar-refractivity contribution in [2.45, 2.75) is 25.7 Å². The minimum absolute atomic E-state index is 0.0447. The Bertz CT molecular complexity index is 652. The van der Waals surface area contributed by atoms with Crippen molar-refractivity contribution in [3.63, 3.8) is 0 Å². The van der Waals surface area contributed by atoms with Gasteiger partial charge in [-0.15, -0.1) is 0 Å². The average molecular weight is 270 g/mol. The molecule has 0 atom stereocenters. The summed E-state index contributed by atoms with van der Waals surface area (Å²) in [6.07, 6.45) is 4.10. The van der Waals surface area contributed by atoms with Crippen molar-refractivity contribution in [2.24, 2.45) is 0 Å². The number of rotatable bonds is 3. The van der Waals surface area contributed by atoms with Crippen LogP contribution in [-0.2, 0) is 12.8 Å². The molecule has 1 amide bonds. The summed E-state index contributed by atoms with van der Waals surface area (Å²) in [6.45, 7) is 0.237. The van der Waals surface area contributed by atoms with Gasteiger partial charge < -0.3 is 10.4 Å². The number of aliphatic hydroxyl groups excluding tert-OH is 1. The fraction of sp³-hybridized carbons (Fsp3) is 0.375. The summed E-state index contributed by atoms with van der Waals surface area (Å²) in [6, 6.07) is 7.78. The van der Waals surface area contributed by atoms with Crippen LogP contribution in [0.5, 0.6) is 0 Å². The van der Waals surface area contributed by atoms with Crippen LogP contribution in [-0.4, -0.2) is 29.1 Å².